The van der Waals surface area contributed by atoms with Crippen molar-refractivity contribution in [2.45, 2.75) is 42.7 Å². The van der Waals surface area contributed by atoms with Crippen molar-refractivity contribution in [3.8, 4) is 5.75 Å². The number of carbonyl (C=O) groups is 1. The number of ether oxygens (including phenoxy) is 3. The summed E-state index contributed by atoms with van der Waals surface area (Å²) in [5.41, 5.74) is 0. The van der Waals surface area contributed by atoms with Crippen LogP contribution in [0, 0.1) is 0 Å². The van der Waals surface area contributed by atoms with E-state index < -0.39 is 10.0 Å². The van der Waals surface area contributed by atoms with E-state index in [1.807, 2.05) is 7.05 Å². The average Bonchev–Trinajstić information content (AvgIpc) is 2.80. The number of nitrogens with zero attached hydrogens (tertiary/aromatic N) is 2. The van der Waals surface area contributed by atoms with Crippen LogP contribution in [0.3, 0.4) is 0 Å². The van der Waals surface area contributed by atoms with Gasteiger partial charge in [-0.25, -0.2) is 8.42 Å². The number of rotatable bonds is 13. The highest BCUT2D eigenvalue weighted by Crippen LogP contribution is 2.35. The average molecular weight is 541 g/mol. The second-order valence-corrected chi connectivity index (χ2v) is 11.0. The van der Waals surface area contributed by atoms with Crippen LogP contribution < -0.4 is 10.1 Å². The lowest BCUT2D eigenvalue weighted by Crippen LogP contribution is -2.42. The molecular weight excluding hydrogens is 505 g/mol. The predicted octanol–water partition coefficient (Wildman–Crippen LogP) is 2.64. The molecule has 34 heavy (non-hydrogen) atoms. The van der Waals surface area contributed by atoms with Crippen LogP contribution in [0.25, 0.3) is 0 Å². The summed E-state index contributed by atoms with van der Waals surface area (Å²) < 4.78 is 43.3. The van der Waals surface area contributed by atoms with E-state index in [1.165, 1.54) is 26.3 Å². The summed E-state index contributed by atoms with van der Waals surface area (Å²) in [4.78, 5) is 14.1. The third-order valence-corrected chi connectivity index (χ3v) is 8.72. The molecule has 1 N–H and O–H groups in total. The highest BCUT2D eigenvalue weighted by molar-refractivity contribution is 7.89. The van der Waals surface area contributed by atoms with Gasteiger partial charge in [0.15, 0.2) is 0 Å². The van der Waals surface area contributed by atoms with Crippen LogP contribution in [0.4, 0.5) is 0 Å². The van der Waals surface area contributed by atoms with E-state index in [9.17, 15) is 13.2 Å². The highest BCUT2D eigenvalue weighted by atomic mass is 35.5. The lowest BCUT2D eigenvalue weighted by atomic mass is 9.92. The molecule has 0 radical (unpaired) electrons. The third kappa shape index (κ3) is 7.94. The molecule has 0 unspecified atom stereocenters. The molecular formula is C22H35Cl2N3O6S. The molecule has 9 nitrogen and oxygen atoms in total. The minimum atomic E-state index is -3.95. The Labute approximate surface area is 212 Å². The Balaban J connectivity index is 1.78. The van der Waals surface area contributed by atoms with Crippen LogP contribution in [0.15, 0.2) is 17.0 Å². The number of benzene rings is 1. The molecule has 2 rings (SSSR count). The number of methoxy groups -OCH3 is 1. The first kappa shape index (κ1) is 29.1. The van der Waals surface area contributed by atoms with Crippen LogP contribution in [0.2, 0.25) is 10.0 Å². The molecule has 1 aromatic carbocycles. The molecule has 1 saturated carbocycles. The molecule has 1 amide bonds. The molecule has 1 fully saturated rings. The topological polar surface area (TPSA) is 97.4 Å². The van der Waals surface area contributed by atoms with Gasteiger partial charge in [-0.15, -0.1) is 0 Å². The zero-order valence-electron chi connectivity index (χ0n) is 20.2. The highest BCUT2D eigenvalue weighted by Gasteiger charge is 2.28. The van der Waals surface area contributed by atoms with E-state index in [-0.39, 0.29) is 52.8 Å². The fourth-order valence-electron chi connectivity index (χ4n) is 3.76. The standard InChI is InChI=1S/C22H35Cl2N3O6S/c1-25-9-11-33-17-7-5-16(6-8-17)27(3)21(28)15-32-12-10-26(2)34(29,30)22-19(23)13-18(31-4)14-20(22)24/h13-14,16-17,25H,5-12,15H2,1-4H3. The van der Waals surface area contributed by atoms with Gasteiger partial charge in [0.1, 0.15) is 17.3 Å². The van der Waals surface area contributed by atoms with Gasteiger partial charge in [-0.05, 0) is 32.7 Å². The Bertz CT molecular complexity index is 887. The lowest BCUT2D eigenvalue weighted by molar-refractivity contribution is -0.138. The Morgan fingerprint density at radius 2 is 1.74 bits per heavy atom. The Kier molecular flexibility index (Phi) is 11.8. The smallest absolute Gasteiger partial charge is 0.248 e. The van der Waals surface area contributed by atoms with Crippen molar-refractivity contribution in [3.05, 3.63) is 22.2 Å². The normalized spacial score (nSPS) is 18.8. The number of sulfonamides is 1. The monoisotopic (exact) mass is 539 g/mol. The summed E-state index contributed by atoms with van der Waals surface area (Å²) in [6.07, 6.45) is 3.86. The van der Waals surface area contributed by atoms with Crippen LogP contribution in [0.1, 0.15) is 25.7 Å². The summed E-state index contributed by atoms with van der Waals surface area (Å²) in [5.74, 6) is 0.226. The summed E-state index contributed by atoms with van der Waals surface area (Å²) >= 11 is 12.3. The Hall–Kier alpha value is -1.14. The van der Waals surface area contributed by atoms with Gasteiger partial charge in [-0.2, -0.15) is 4.31 Å². The number of hydrogen-bond donors (Lipinski definition) is 1. The molecule has 0 heterocycles. The largest absolute Gasteiger partial charge is 0.497 e. The molecule has 0 spiro atoms. The maximum Gasteiger partial charge on any atom is 0.248 e. The summed E-state index contributed by atoms with van der Waals surface area (Å²) in [7, 11) is 2.56. The molecule has 1 aliphatic carbocycles. The van der Waals surface area contributed by atoms with E-state index >= 15 is 0 Å². The minimum absolute atomic E-state index is 0.0314. The summed E-state index contributed by atoms with van der Waals surface area (Å²) in [5, 5.41) is 3.00. The van der Waals surface area contributed by atoms with Crippen molar-refractivity contribution in [3.63, 3.8) is 0 Å². The van der Waals surface area contributed by atoms with Crippen molar-refractivity contribution in [2.75, 3.05) is 61.2 Å². The molecule has 194 valence electrons. The van der Waals surface area contributed by atoms with Gasteiger partial charge in [0.25, 0.3) is 0 Å². The van der Waals surface area contributed by atoms with Crippen LogP contribution >= 0.6 is 23.2 Å². The molecule has 1 aromatic rings. The molecule has 0 bridgehead atoms. The fraction of sp³-hybridized carbons (Fsp3) is 0.682. The molecule has 0 saturated heterocycles. The van der Waals surface area contributed by atoms with Gasteiger partial charge in [0, 0.05) is 45.4 Å². The Morgan fingerprint density at radius 1 is 1.12 bits per heavy atom. The molecule has 12 heteroatoms. The van der Waals surface area contributed by atoms with Crippen LogP contribution in [-0.2, 0) is 24.3 Å². The number of likely N-dealkylation sites (N-methyl/N-ethyl adjacent to an activating group) is 3. The van der Waals surface area contributed by atoms with E-state index in [1.54, 1.807) is 11.9 Å². The zero-order valence-corrected chi connectivity index (χ0v) is 22.5. The van der Waals surface area contributed by atoms with E-state index in [2.05, 4.69) is 5.32 Å². The lowest BCUT2D eigenvalue weighted by Gasteiger charge is -2.34. The number of carbonyl (C=O) groups excluding carboxylic acids is 1. The minimum Gasteiger partial charge on any atom is -0.497 e. The van der Waals surface area contributed by atoms with E-state index in [0.717, 1.165) is 36.5 Å². The van der Waals surface area contributed by atoms with Crippen LogP contribution in [-0.4, -0.2) is 96.8 Å². The van der Waals surface area contributed by atoms with Gasteiger partial charge in [-0.3, -0.25) is 4.79 Å². The van der Waals surface area contributed by atoms with Gasteiger partial charge < -0.3 is 24.4 Å². The number of halogens is 2. The first-order valence-corrected chi connectivity index (χ1v) is 13.4. The number of hydrogen-bond acceptors (Lipinski definition) is 7. The molecule has 0 aromatic heterocycles. The quantitative estimate of drug-likeness (QED) is 0.385. The first-order chi connectivity index (χ1) is 16.1. The maximum atomic E-state index is 12.9. The van der Waals surface area contributed by atoms with E-state index in [0.29, 0.717) is 12.4 Å². The second-order valence-electron chi connectivity index (χ2n) is 8.21. The van der Waals surface area contributed by atoms with Crippen molar-refractivity contribution in [1.29, 1.82) is 0 Å². The van der Waals surface area contributed by atoms with Crippen LogP contribution in [0.5, 0.6) is 5.75 Å². The number of amides is 1. The third-order valence-electron chi connectivity index (χ3n) is 5.94. The first-order valence-electron chi connectivity index (χ1n) is 11.2. The van der Waals surface area contributed by atoms with Crippen molar-refractivity contribution in [2.24, 2.45) is 0 Å². The van der Waals surface area contributed by atoms with Crippen molar-refractivity contribution < 1.29 is 27.4 Å². The predicted molar refractivity (Wildman–Crippen MR) is 132 cm³/mol. The Morgan fingerprint density at radius 3 is 2.29 bits per heavy atom. The maximum absolute atomic E-state index is 12.9. The zero-order chi connectivity index (χ0) is 25.3. The van der Waals surface area contributed by atoms with Gasteiger partial charge in [-0.1, -0.05) is 23.2 Å². The van der Waals surface area contributed by atoms with Crippen molar-refractivity contribution in [1.82, 2.24) is 14.5 Å². The second kappa shape index (κ2) is 13.8. The number of nitrogens with one attached hydrogen (secondary N) is 1. The molecule has 0 atom stereocenters. The summed E-state index contributed by atoms with van der Waals surface area (Å²) in [6.45, 7) is 1.48. The fourth-order valence-corrected chi connectivity index (χ4v) is 6.05. The van der Waals surface area contributed by atoms with Gasteiger partial charge in [0.05, 0.1) is 36.5 Å². The molecule has 0 aliphatic heterocycles. The van der Waals surface area contributed by atoms with Crippen molar-refractivity contribution >= 4 is 39.1 Å². The summed E-state index contributed by atoms with van der Waals surface area (Å²) in [6, 6.07) is 2.94. The molecule has 1 aliphatic rings. The van der Waals surface area contributed by atoms with Gasteiger partial charge >= 0.3 is 0 Å². The van der Waals surface area contributed by atoms with Gasteiger partial charge in [0.2, 0.25) is 15.9 Å². The SMILES string of the molecule is CNCCOC1CCC(N(C)C(=O)COCCN(C)S(=O)(=O)c2c(Cl)cc(OC)cc2Cl)CC1. The van der Waals surface area contributed by atoms with E-state index in [4.69, 9.17) is 37.4 Å².